The van der Waals surface area contributed by atoms with Crippen LogP contribution in [0.2, 0.25) is 0 Å². The standard InChI is InChI=1S/C21H21NO4/c23-19(12-11-17-7-3-1-4-8-17)26-20(18-9-5-2-6-10-18)21(24)22-13-15-25-16-14-22/h1-12,20H,13-16H2/b12-11+/t20-/m1/s1. The number of hydrogen-bond acceptors (Lipinski definition) is 4. The van der Waals surface area contributed by atoms with E-state index in [-0.39, 0.29) is 5.91 Å². The first-order valence-electron chi connectivity index (χ1n) is 8.59. The number of nitrogens with zero attached hydrogens (tertiary/aromatic N) is 1. The summed E-state index contributed by atoms with van der Waals surface area (Å²) >= 11 is 0. The fraction of sp³-hybridized carbons (Fsp3) is 0.238. The van der Waals surface area contributed by atoms with Gasteiger partial charge in [0.25, 0.3) is 5.91 Å². The quantitative estimate of drug-likeness (QED) is 0.614. The first kappa shape index (κ1) is 17.9. The van der Waals surface area contributed by atoms with Crippen LogP contribution in [0.15, 0.2) is 66.7 Å². The summed E-state index contributed by atoms with van der Waals surface area (Å²) in [5.41, 5.74) is 1.55. The summed E-state index contributed by atoms with van der Waals surface area (Å²) in [6.07, 6.45) is 2.06. The van der Waals surface area contributed by atoms with Gasteiger partial charge in [-0.1, -0.05) is 60.7 Å². The van der Waals surface area contributed by atoms with Crippen molar-refractivity contribution in [2.75, 3.05) is 26.3 Å². The number of carbonyl (C=O) groups excluding carboxylic acids is 2. The maximum Gasteiger partial charge on any atom is 0.331 e. The number of benzene rings is 2. The Labute approximate surface area is 152 Å². The Kier molecular flexibility index (Phi) is 6.17. The molecule has 1 aliphatic rings. The zero-order valence-corrected chi connectivity index (χ0v) is 14.4. The van der Waals surface area contributed by atoms with Gasteiger partial charge in [-0.25, -0.2) is 4.79 Å². The molecular formula is C21H21NO4. The van der Waals surface area contributed by atoms with Crippen LogP contribution in [-0.4, -0.2) is 43.1 Å². The van der Waals surface area contributed by atoms with Gasteiger partial charge in [-0.05, 0) is 11.6 Å². The minimum absolute atomic E-state index is 0.221. The van der Waals surface area contributed by atoms with Crippen LogP contribution < -0.4 is 0 Å². The van der Waals surface area contributed by atoms with Gasteiger partial charge in [0.05, 0.1) is 13.2 Å². The van der Waals surface area contributed by atoms with E-state index in [0.717, 1.165) is 5.56 Å². The minimum atomic E-state index is -0.956. The molecule has 0 unspecified atom stereocenters. The Hall–Kier alpha value is -2.92. The van der Waals surface area contributed by atoms with E-state index in [1.165, 1.54) is 6.08 Å². The molecule has 1 atom stereocenters. The molecule has 2 aromatic rings. The molecule has 1 amide bonds. The second-order valence-corrected chi connectivity index (χ2v) is 5.91. The molecule has 3 rings (SSSR count). The number of ether oxygens (including phenoxy) is 2. The molecule has 0 saturated carbocycles. The first-order chi connectivity index (χ1) is 12.7. The topological polar surface area (TPSA) is 55.8 Å². The SMILES string of the molecule is O=C(/C=C/c1ccccc1)O[C@@H](C(=O)N1CCOCC1)c1ccccc1. The number of esters is 1. The van der Waals surface area contributed by atoms with Crippen molar-refractivity contribution in [1.29, 1.82) is 0 Å². The summed E-state index contributed by atoms with van der Waals surface area (Å²) in [6.45, 7) is 1.99. The molecule has 2 aromatic carbocycles. The van der Waals surface area contributed by atoms with E-state index >= 15 is 0 Å². The Morgan fingerprint density at radius 2 is 1.58 bits per heavy atom. The summed E-state index contributed by atoms with van der Waals surface area (Å²) < 4.78 is 10.8. The molecule has 1 saturated heterocycles. The van der Waals surface area contributed by atoms with Gasteiger partial charge in [-0.2, -0.15) is 0 Å². The number of carbonyl (C=O) groups is 2. The summed E-state index contributed by atoms with van der Waals surface area (Å²) in [5.74, 6) is -0.773. The van der Waals surface area contributed by atoms with Crippen LogP contribution in [0.1, 0.15) is 17.2 Å². The molecule has 0 radical (unpaired) electrons. The maximum atomic E-state index is 12.9. The van der Waals surface area contributed by atoms with Crippen LogP contribution in [-0.2, 0) is 19.1 Å². The first-order valence-corrected chi connectivity index (χ1v) is 8.59. The average Bonchev–Trinajstić information content (AvgIpc) is 2.72. The molecule has 0 spiro atoms. The normalized spacial score (nSPS) is 15.6. The van der Waals surface area contributed by atoms with Crippen molar-refractivity contribution in [2.24, 2.45) is 0 Å². The van der Waals surface area contributed by atoms with Crippen molar-refractivity contribution in [1.82, 2.24) is 4.90 Å². The predicted octanol–water partition coefficient (Wildman–Crippen LogP) is 2.84. The molecule has 0 bridgehead atoms. The van der Waals surface area contributed by atoms with Crippen LogP contribution in [0.5, 0.6) is 0 Å². The van der Waals surface area contributed by atoms with E-state index < -0.39 is 12.1 Å². The highest BCUT2D eigenvalue weighted by molar-refractivity contribution is 5.91. The van der Waals surface area contributed by atoms with E-state index in [4.69, 9.17) is 9.47 Å². The highest BCUT2D eigenvalue weighted by Crippen LogP contribution is 2.21. The van der Waals surface area contributed by atoms with Gasteiger partial charge in [0.2, 0.25) is 6.10 Å². The largest absolute Gasteiger partial charge is 0.444 e. The second-order valence-electron chi connectivity index (χ2n) is 5.91. The highest BCUT2D eigenvalue weighted by atomic mass is 16.5. The molecule has 0 aromatic heterocycles. The Morgan fingerprint density at radius 3 is 2.23 bits per heavy atom. The fourth-order valence-electron chi connectivity index (χ4n) is 2.72. The van der Waals surface area contributed by atoms with E-state index in [1.54, 1.807) is 23.1 Å². The third-order valence-corrected chi connectivity index (χ3v) is 4.09. The third kappa shape index (κ3) is 4.80. The Bertz CT molecular complexity index is 752. The Morgan fingerprint density at radius 1 is 0.962 bits per heavy atom. The van der Waals surface area contributed by atoms with Gasteiger partial charge in [0, 0.05) is 24.7 Å². The number of hydrogen-bond donors (Lipinski definition) is 0. The zero-order chi connectivity index (χ0) is 18.2. The second kappa shape index (κ2) is 8.97. The van der Waals surface area contributed by atoms with Crippen molar-refractivity contribution in [2.45, 2.75) is 6.10 Å². The van der Waals surface area contributed by atoms with Crippen LogP contribution in [0.3, 0.4) is 0 Å². The lowest BCUT2D eigenvalue weighted by molar-refractivity contribution is -0.159. The molecule has 5 nitrogen and oxygen atoms in total. The van der Waals surface area contributed by atoms with Gasteiger partial charge in [-0.15, -0.1) is 0 Å². The van der Waals surface area contributed by atoms with E-state index in [2.05, 4.69) is 0 Å². The molecule has 5 heteroatoms. The van der Waals surface area contributed by atoms with Crippen LogP contribution in [0, 0.1) is 0 Å². The summed E-state index contributed by atoms with van der Waals surface area (Å²) in [6, 6.07) is 18.5. The van der Waals surface area contributed by atoms with Gasteiger partial charge in [0.15, 0.2) is 0 Å². The number of morpholine rings is 1. The van der Waals surface area contributed by atoms with Crippen molar-refractivity contribution < 1.29 is 19.1 Å². The van der Waals surface area contributed by atoms with Crippen molar-refractivity contribution in [3.8, 4) is 0 Å². The summed E-state index contributed by atoms with van der Waals surface area (Å²) in [5, 5.41) is 0. The van der Waals surface area contributed by atoms with Crippen LogP contribution >= 0.6 is 0 Å². The predicted molar refractivity (Wildman–Crippen MR) is 98.2 cm³/mol. The lowest BCUT2D eigenvalue weighted by atomic mass is 10.1. The molecule has 1 aliphatic heterocycles. The molecule has 0 aliphatic carbocycles. The lowest BCUT2D eigenvalue weighted by Gasteiger charge is -2.30. The fourth-order valence-corrected chi connectivity index (χ4v) is 2.72. The van der Waals surface area contributed by atoms with E-state index in [9.17, 15) is 9.59 Å². The molecule has 134 valence electrons. The average molecular weight is 351 g/mol. The van der Waals surface area contributed by atoms with Crippen molar-refractivity contribution >= 4 is 18.0 Å². The van der Waals surface area contributed by atoms with E-state index in [0.29, 0.717) is 31.9 Å². The van der Waals surface area contributed by atoms with Crippen LogP contribution in [0.4, 0.5) is 0 Å². The summed E-state index contributed by atoms with van der Waals surface area (Å²) in [7, 11) is 0. The van der Waals surface area contributed by atoms with Gasteiger partial charge < -0.3 is 14.4 Å². The monoisotopic (exact) mass is 351 g/mol. The molecule has 26 heavy (non-hydrogen) atoms. The van der Waals surface area contributed by atoms with E-state index in [1.807, 2.05) is 48.5 Å². The molecule has 1 heterocycles. The Balaban J connectivity index is 1.74. The third-order valence-electron chi connectivity index (χ3n) is 4.09. The number of amides is 1. The minimum Gasteiger partial charge on any atom is -0.444 e. The maximum absolute atomic E-state index is 12.9. The van der Waals surface area contributed by atoms with Crippen molar-refractivity contribution in [3.63, 3.8) is 0 Å². The molecular weight excluding hydrogens is 330 g/mol. The van der Waals surface area contributed by atoms with Gasteiger partial charge in [0.1, 0.15) is 0 Å². The highest BCUT2D eigenvalue weighted by Gasteiger charge is 2.29. The molecule has 1 fully saturated rings. The smallest absolute Gasteiger partial charge is 0.331 e. The molecule has 0 N–H and O–H groups in total. The van der Waals surface area contributed by atoms with Crippen molar-refractivity contribution in [3.05, 3.63) is 77.9 Å². The van der Waals surface area contributed by atoms with Gasteiger partial charge in [-0.3, -0.25) is 4.79 Å². The zero-order valence-electron chi connectivity index (χ0n) is 14.4. The summed E-state index contributed by atoms with van der Waals surface area (Å²) in [4.78, 5) is 26.8. The number of rotatable bonds is 5. The lowest BCUT2D eigenvalue weighted by Crippen LogP contribution is -2.44. The van der Waals surface area contributed by atoms with Gasteiger partial charge >= 0.3 is 5.97 Å². The van der Waals surface area contributed by atoms with Crippen LogP contribution in [0.25, 0.3) is 6.08 Å².